The van der Waals surface area contributed by atoms with Crippen molar-refractivity contribution in [3.05, 3.63) is 45.1 Å². The number of rotatable bonds is 4. The van der Waals surface area contributed by atoms with E-state index in [1.54, 1.807) is 6.92 Å². The van der Waals surface area contributed by atoms with Gasteiger partial charge in [0.25, 0.3) is 5.69 Å². The van der Waals surface area contributed by atoms with Crippen LogP contribution in [0.15, 0.2) is 29.5 Å². The number of anilines is 1. The lowest BCUT2D eigenvalue weighted by atomic mass is 9.89. The molecule has 0 unspecified atom stereocenters. The summed E-state index contributed by atoms with van der Waals surface area (Å²) in [5.74, 6) is -2.78. The molecule has 25 heavy (non-hydrogen) atoms. The van der Waals surface area contributed by atoms with Gasteiger partial charge in [-0.1, -0.05) is 6.07 Å². The maximum Gasteiger partial charge on any atom is 0.336 e. The van der Waals surface area contributed by atoms with Crippen molar-refractivity contribution in [1.29, 1.82) is 0 Å². The maximum absolute atomic E-state index is 12.6. The number of hydrogen-bond donors (Lipinski definition) is 2. The third-order valence-electron chi connectivity index (χ3n) is 3.86. The van der Waals surface area contributed by atoms with Crippen molar-refractivity contribution in [3.8, 4) is 0 Å². The first-order chi connectivity index (χ1) is 11.7. The lowest BCUT2D eigenvalue weighted by Gasteiger charge is -2.25. The van der Waals surface area contributed by atoms with E-state index in [1.807, 2.05) is 0 Å². The number of nitro groups is 1. The van der Waals surface area contributed by atoms with Crippen LogP contribution < -0.4 is 10.6 Å². The molecule has 2 amide bonds. The molecule has 0 fully saturated rings. The zero-order chi connectivity index (χ0) is 18.7. The average Bonchev–Trinajstić information content (AvgIpc) is 2.54. The molecule has 1 aliphatic heterocycles. The minimum Gasteiger partial charge on any atom is -0.466 e. The Morgan fingerprint density at radius 2 is 2.04 bits per heavy atom. The van der Waals surface area contributed by atoms with Gasteiger partial charge in [0.05, 0.1) is 23.5 Å². The molecule has 132 valence electrons. The van der Waals surface area contributed by atoms with E-state index in [4.69, 9.17) is 0 Å². The number of amides is 2. The van der Waals surface area contributed by atoms with Crippen LogP contribution in [0.3, 0.4) is 0 Å². The highest BCUT2D eigenvalue weighted by molar-refractivity contribution is 6.06. The van der Waals surface area contributed by atoms with Crippen LogP contribution in [0, 0.1) is 23.0 Å². The summed E-state index contributed by atoms with van der Waals surface area (Å²) in [6, 6.07) is 4.24. The summed E-state index contributed by atoms with van der Waals surface area (Å²) in [5, 5.41) is 16.0. The number of nitrogens with one attached hydrogen (secondary N) is 2. The van der Waals surface area contributed by atoms with Crippen LogP contribution >= 0.6 is 0 Å². The Kier molecular flexibility index (Phi) is 5.16. The molecule has 1 aromatic carbocycles. The van der Waals surface area contributed by atoms with E-state index in [0.717, 1.165) is 0 Å². The van der Waals surface area contributed by atoms with Gasteiger partial charge in [-0.25, -0.2) is 4.79 Å². The monoisotopic (exact) mass is 347 g/mol. The zero-order valence-corrected chi connectivity index (χ0v) is 13.9. The lowest BCUT2D eigenvalue weighted by Crippen LogP contribution is -2.40. The van der Waals surface area contributed by atoms with Crippen LogP contribution in [0.4, 0.5) is 11.4 Å². The van der Waals surface area contributed by atoms with Gasteiger partial charge in [-0.3, -0.25) is 19.7 Å². The Labute approximate surface area is 143 Å². The van der Waals surface area contributed by atoms with E-state index >= 15 is 0 Å². The van der Waals surface area contributed by atoms with Gasteiger partial charge in [-0.2, -0.15) is 0 Å². The highest BCUT2D eigenvalue weighted by Gasteiger charge is 2.36. The molecule has 1 aromatic rings. The number of allylic oxidation sites excluding steroid dienone is 1. The summed E-state index contributed by atoms with van der Waals surface area (Å²) in [6.45, 7) is 3.08. The molecule has 1 heterocycles. The molecule has 2 N–H and O–H groups in total. The minimum absolute atomic E-state index is 0.0567. The third kappa shape index (κ3) is 3.82. The standard InChI is InChI=1S/C16H17N3O6/c1-8-4-5-10(6-12(8)19(23)24)18-15(21)11-7-13(20)17-9(2)14(11)16(22)25-3/h4-6,11H,7H2,1-3H3,(H,17,20)(H,18,21)/t11-/m0/s1. The van der Waals surface area contributed by atoms with Gasteiger partial charge in [0.1, 0.15) is 0 Å². The van der Waals surface area contributed by atoms with Crippen LogP contribution in [0.25, 0.3) is 0 Å². The molecule has 2 rings (SSSR count). The first-order valence-electron chi connectivity index (χ1n) is 7.39. The fourth-order valence-corrected chi connectivity index (χ4v) is 2.62. The molecule has 1 aliphatic rings. The van der Waals surface area contributed by atoms with Gasteiger partial charge in [0, 0.05) is 29.4 Å². The Balaban J connectivity index is 2.31. The number of hydrogen-bond acceptors (Lipinski definition) is 6. The zero-order valence-electron chi connectivity index (χ0n) is 13.9. The topological polar surface area (TPSA) is 128 Å². The van der Waals surface area contributed by atoms with Gasteiger partial charge in [-0.05, 0) is 19.9 Å². The Bertz CT molecular complexity index is 799. The summed E-state index contributed by atoms with van der Waals surface area (Å²) in [6.07, 6.45) is -0.221. The average molecular weight is 347 g/mol. The maximum atomic E-state index is 12.6. The van der Waals surface area contributed by atoms with E-state index in [2.05, 4.69) is 15.4 Å². The highest BCUT2D eigenvalue weighted by atomic mass is 16.6. The molecule has 9 heteroatoms. The molecule has 0 radical (unpaired) electrons. The Morgan fingerprint density at radius 3 is 2.64 bits per heavy atom. The molecule has 0 spiro atoms. The Hall–Kier alpha value is -3.23. The van der Waals surface area contributed by atoms with Gasteiger partial charge in [-0.15, -0.1) is 0 Å². The molecule has 0 saturated heterocycles. The summed E-state index contributed by atoms with van der Waals surface area (Å²) >= 11 is 0. The SMILES string of the molecule is COC(=O)C1=C(C)NC(=O)C[C@@H]1C(=O)Nc1ccc(C)c([N+](=O)[O-])c1. The third-order valence-corrected chi connectivity index (χ3v) is 3.86. The summed E-state index contributed by atoms with van der Waals surface area (Å²) in [4.78, 5) is 46.7. The number of aryl methyl sites for hydroxylation is 1. The number of carbonyl (C=O) groups excluding carboxylic acids is 3. The minimum atomic E-state index is -1.04. The molecule has 0 aromatic heterocycles. The fourth-order valence-electron chi connectivity index (χ4n) is 2.62. The Morgan fingerprint density at radius 1 is 1.36 bits per heavy atom. The number of nitro benzene ring substituents is 1. The van der Waals surface area contributed by atoms with Crippen molar-refractivity contribution in [1.82, 2.24) is 5.32 Å². The predicted octanol–water partition coefficient (Wildman–Crippen LogP) is 1.42. The largest absolute Gasteiger partial charge is 0.466 e. The van der Waals surface area contributed by atoms with Gasteiger partial charge in [0.15, 0.2) is 0 Å². The molecule has 0 saturated carbocycles. The van der Waals surface area contributed by atoms with E-state index in [9.17, 15) is 24.5 Å². The first kappa shape index (κ1) is 18.1. The summed E-state index contributed by atoms with van der Waals surface area (Å²) in [5.41, 5.74) is 0.819. The normalized spacial score (nSPS) is 16.9. The van der Waals surface area contributed by atoms with E-state index in [0.29, 0.717) is 5.56 Å². The van der Waals surface area contributed by atoms with Crippen molar-refractivity contribution in [2.45, 2.75) is 20.3 Å². The van der Waals surface area contributed by atoms with Crippen molar-refractivity contribution in [2.75, 3.05) is 12.4 Å². The van der Waals surface area contributed by atoms with Crippen molar-refractivity contribution < 1.29 is 24.0 Å². The number of ether oxygens (including phenoxy) is 1. The second-order valence-electron chi connectivity index (χ2n) is 5.58. The van der Waals surface area contributed by atoms with Crippen LogP contribution in [0.2, 0.25) is 0 Å². The van der Waals surface area contributed by atoms with E-state index in [-0.39, 0.29) is 29.1 Å². The number of carbonyl (C=O) groups is 3. The molecule has 1 atom stereocenters. The molecular formula is C16H17N3O6. The van der Waals surface area contributed by atoms with Gasteiger partial charge < -0.3 is 15.4 Å². The molecule has 0 bridgehead atoms. The number of nitrogens with zero attached hydrogens (tertiary/aromatic N) is 1. The molecular weight excluding hydrogens is 330 g/mol. The quantitative estimate of drug-likeness (QED) is 0.482. The first-order valence-corrected chi connectivity index (χ1v) is 7.39. The van der Waals surface area contributed by atoms with Crippen LogP contribution in [-0.2, 0) is 19.1 Å². The highest BCUT2D eigenvalue weighted by Crippen LogP contribution is 2.27. The van der Waals surface area contributed by atoms with E-state index < -0.39 is 28.6 Å². The summed E-state index contributed by atoms with van der Waals surface area (Å²) in [7, 11) is 1.18. The van der Waals surface area contributed by atoms with Crippen LogP contribution in [0.1, 0.15) is 18.9 Å². The number of methoxy groups -OCH3 is 1. The molecule has 0 aliphatic carbocycles. The second kappa shape index (κ2) is 7.12. The second-order valence-corrected chi connectivity index (χ2v) is 5.58. The van der Waals surface area contributed by atoms with Gasteiger partial charge >= 0.3 is 5.97 Å². The van der Waals surface area contributed by atoms with Crippen molar-refractivity contribution >= 4 is 29.2 Å². The van der Waals surface area contributed by atoms with Crippen molar-refractivity contribution in [3.63, 3.8) is 0 Å². The molecule has 9 nitrogen and oxygen atoms in total. The number of benzene rings is 1. The van der Waals surface area contributed by atoms with Gasteiger partial charge in [0.2, 0.25) is 11.8 Å². The fraction of sp³-hybridized carbons (Fsp3) is 0.312. The van der Waals surface area contributed by atoms with E-state index in [1.165, 1.54) is 32.2 Å². The van der Waals surface area contributed by atoms with Crippen LogP contribution in [-0.4, -0.2) is 29.8 Å². The number of esters is 1. The van der Waals surface area contributed by atoms with Crippen molar-refractivity contribution in [2.24, 2.45) is 5.92 Å². The van der Waals surface area contributed by atoms with Crippen LogP contribution in [0.5, 0.6) is 0 Å². The summed E-state index contributed by atoms with van der Waals surface area (Å²) < 4.78 is 4.67. The smallest absolute Gasteiger partial charge is 0.336 e. The predicted molar refractivity (Wildman–Crippen MR) is 87.4 cm³/mol. The lowest BCUT2D eigenvalue weighted by molar-refractivity contribution is -0.385.